The molecular formula is C13H13ClN4O. The number of rotatable bonds is 1. The summed E-state index contributed by atoms with van der Waals surface area (Å²) in [4.78, 5) is 18.4. The molecule has 3 rings (SSSR count). The third-order valence-corrected chi connectivity index (χ3v) is 3.51. The molecule has 2 aromatic rings. The van der Waals surface area contributed by atoms with Gasteiger partial charge < -0.3 is 15.2 Å². The standard InChI is InChI=1S/C13H13ClN4O/c14-9-1-2-11(15)10(7-9)13(19)18-6-5-17-4-3-16-12(17)8-18/h1-4,7H,5-6,8,15H2. The number of carbonyl (C=O) groups is 1. The molecule has 6 heteroatoms. The summed E-state index contributed by atoms with van der Waals surface area (Å²) in [6.07, 6.45) is 3.67. The molecule has 0 unspecified atom stereocenters. The minimum absolute atomic E-state index is 0.103. The molecule has 0 atom stereocenters. The average Bonchev–Trinajstić information content (AvgIpc) is 2.88. The van der Waals surface area contributed by atoms with Gasteiger partial charge in [-0.3, -0.25) is 4.79 Å². The third-order valence-electron chi connectivity index (χ3n) is 3.28. The number of anilines is 1. The van der Waals surface area contributed by atoms with Crippen molar-refractivity contribution in [3.8, 4) is 0 Å². The van der Waals surface area contributed by atoms with E-state index in [1.165, 1.54) is 0 Å². The summed E-state index contributed by atoms with van der Waals surface area (Å²) >= 11 is 5.92. The number of nitrogens with zero attached hydrogens (tertiary/aromatic N) is 3. The van der Waals surface area contributed by atoms with Gasteiger partial charge in [-0.05, 0) is 18.2 Å². The van der Waals surface area contributed by atoms with E-state index in [2.05, 4.69) is 4.98 Å². The fourth-order valence-corrected chi connectivity index (χ4v) is 2.40. The molecule has 98 valence electrons. The molecule has 19 heavy (non-hydrogen) atoms. The molecule has 1 aromatic carbocycles. The Bertz CT molecular complexity index is 637. The number of benzene rings is 1. The second-order valence-electron chi connectivity index (χ2n) is 4.50. The molecule has 0 spiro atoms. The summed E-state index contributed by atoms with van der Waals surface area (Å²) in [7, 11) is 0. The summed E-state index contributed by atoms with van der Waals surface area (Å²) in [6, 6.07) is 4.94. The SMILES string of the molecule is Nc1ccc(Cl)cc1C(=O)N1CCn2ccnc2C1. The Labute approximate surface area is 115 Å². The van der Waals surface area contributed by atoms with Gasteiger partial charge in [-0.25, -0.2) is 4.98 Å². The highest BCUT2D eigenvalue weighted by atomic mass is 35.5. The summed E-state index contributed by atoms with van der Waals surface area (Å²) in [5, 5.41) is 0.510. The highest BCUT2D eigenvalue weighted by Crippen LogP contribution is 2.21. The van der Waals surface area contributed by atoms with Gasteiger partial charge >= 0.3 is 0 Å². The lowest BCUT2D eigenvalue weighted by Crippen LogP contribution is -2.38. The number of aromatic nitrogens is 2. The number of carbonyl (C=O) groups excluding carboxylic acids is 1. The number of fused-ring (bicyclic) bond motifs is 1. The molecule has 0 bridgehead atoms. The van der Waals surface area contributed by atoms with Crippen molar-refractivity contribution in [3.05, 3.63) is 47.0 Å². The number of nitrogen functional groups attached to an aromatic ring is 1. The highest BCUT2D eigenvalue weighted by molar-refractivity contribution is 6.31. The van der Waals surface area contributed by atoms with Crippen molar-refractivity contribution in [3.63, 3.8) is 0 Å². The summed E-state index contributed by atoms with van der Waals surface area (Å²) in [5.74, 6) is 0.787. The number of hydrogen-bond acceptors (Lipinski definition) is 3. The zero-order chi connectivity index (χ0) is 13.4. The van der Waals surface area contributed by atoms with Gasteiger partial charge in [0.1, 0.15) is 5.82 Å². The zero-order valence-electron chi connectivity index (χ0n) is 10.2. The monoisotopic (exact) mass is 276 g/mol. The normalized spacial score (nSPS) is 14.3. The lowest BCUT2D eigenvalue weighted by atomic mass is 10.1. The van der Waals surface area contributed by atoms with Gasteiger partial charge in [0.2, 0.25) is 0 Å². The maximum Gasteiger partial charge on any atom is 0.256 e. The molecule has 1 amide bonds. The molecule has 5 nitrogen and oxygen atoms in total. The minimum Gasteiger partial charge on any atom is -0.398 e. The van der Waals surface area contributed by atoms with Crippen LogP contribution >= 0.6 is 11.6 Å². The van der Waals surface area contributed by atoms with E-state index >= 15 is 0 Å². The molecule has 0 saturated heterocycles. The molecule has 1 aliphatic rings. The van der Waals surface area contributed by atoms with E-state index in [1.54, 1.807) is 29.3 Å². The Morgan fingerprint density at radius 3 is 3.05 bits per heavy atom. The van der Waals surface area contributed by atoms with Gasteiger partial charge in [0.05, 0.1) is 12.1 Å². The number of nitrogens with two attached hydrogens (primary N) is 1. The van der Waals surface area contributed by atoms with Gasteiger partial charge in [0, 0.05) is 36.2 Å². The molecule has 1 aliphatic heterocycles. The Balaban J connectivity index is 1.87. The van der Waals surface area contributed by atoms with Gasteiger partial charge in [0.25, 0.3) is 5.91 Å². The fraction of sp³-hybridized carbons (Fsp3) is 0.231. The molecule has 0 radical (unpaired) electrons. The van der Waals surface area contributed by atoms with Crippen LogP contribution in [0.3, 0.4) is 0 Å². The van der Waals surface area contributed by atoms with Crippen LogP contribution in [0.25, 0.3) is 0 Å². The second kappa shape index (κ2) is 4.59. The molecule has 0 fully saturated rings. The quantitative estimate of drug-likeness (QED) is 0.808. The van der Waals surface area contributed by atoms with Gasteiger partial charge in [-0.2, -0.15) is 0 Å². The molecule has 2 N–H and O–H groups in total. The summed E-state index contributed by atoms with van der Waals surface area (Å²) in [6.45, 7) is 1.90. The van der Waals surface area contributed by atoms with Crippen LogP contribution in [0.4, 0.5) is 5.69 Å². The van der Waals surface area contributed by atoms with Crippen LogP contribution in [-0.2, 0) is 13.1 Å². The topological polar surface area (TPSA) is 64.2 Å². The van der Waals surface area contributed by atoms with Gasteiger partial charge in [-0.1, -0.05) is 11.6 Å². The number of amides is 1. The molecule has 1 aromatic heterocycles. The Hall–Kier alpha value is -2.01. The van der Waals surface area contributed by atoms with E-state index in [1.807, 2.05) is 10.8 Å². The van der Waals surface area contributed by atoms with Crippen molar-refractivity contribution < 1.29 is 4.79 Å². The van der Waals surface area contributed by atoms with Crippen LogP contribution in [0.1, 0.15) is 16.2 Å². The summed E-state index contributed by atoms with van der Waals surface area (Å²) < 4.78 is 2.05. The van der Waals surface area contributed by atoms with Crippen molar-refractivity contribution in [2.24, 2.45) is 0 Å². The second-order valence-corrected chi connectivity index (χ2v) is 4.93. The fourth-order valence-electron chi connectivity index (χ4n) is 2.23. The third kappa shape index (κ3) is 2.17. The Morgan fingerprint density at radius 2 is 2.21 bits per heavy atom. The van der Waals surface area contributed by atoms with Crippen LogP contribution in [0.5, 0.6) is 0 Å². The highest BCUT2D eigenvalue weighted by Gasteiger charge is 2.23. The van der Waals surface area contributed by atoms with Crippen molar-refractivity contribution >= 4 is 23.2 Å². The first-order valence-corrected chi connectivity index (χ1v) is 6.37. The first-order valence-electron chi connectivity index (χ1n) is 5.99. The van der Waals surface area contributed by atoms with E-state index in [0.29, 0.717) is 29.4 Å². The maximum absolute atomic E-state index is 12.5. The number of hydrogen-bond donors (Lipinski definition) is 1. The van der Waals surface area contributed by atoms with Crippen molar-refractivity contribution in [1.29, 1.82) is 0 Å². The Kier molecular flexibility index (Phi) is 2.91. The van der Waals surface area contributed by atoms with E-state index < -0.39 is 0 Å². The van der Waals surface area contributed by atoms with Crippen LogP contribution < -0.4 is 5.73 Å². The molecular weight excluding hydrogens is 264 g/mol. The van der Waals surface area contributed by atoms with E-state index in [4.69, 9.17) is 17.3 Å². The van der Waals surface area contributed by atoms with Crippen LogP contribution in [0.2, 0.25) is 5.02 Å². The Morgan fingerprint density at radius 1 is 1.37 bits per heavy atom. The van der Waals surface area contributed by atoms with E-state index in [0.717, 1.165) is 12.4 Å². The summed E-state index contributed by atoms with van der Waals surface area (Å²) in [5.41, 5.74) is 6.74. The van der Waals surface area contributed by atoms with Crippen molar-refractivity contribution in [2.75, 3.05) is 12.3 Å². The first-order chi connectivity index (χ1) is 9.15. The smallest absolute Gasteiger partial charge is 0.256 e. The van der Waals surface area contributed by atoms with Crippen molar-refractivity contribution in [1.82, 2.24) is 14.5 Å². The lowest BCUT2D eigenvalue weighted by molar-refractivity contribution is 0.0708. The van der Waals surface area contributed by atoms with Gasteiger partial charge in [-0.15, -0.1) is 0 Å². The maximum atomic E-state index is 12.5. The predicted molar refractivity (Wildman–Crippen MR) is 72.8 cm³/mol. The first kappa shape index (κ1) is 12.0. The largest absolute Gasteiger partial charge is 0.398 e. The van der Waals surface area contributed by atoms with E-state index in [-0.39, 0.29) is 5.91 Å². The van der Waals surface area contributed by atoms with Crippen molar-refractivity contribution in [2.45, 2.75) is 13.1 Å². The van der Waals surface area contributed by atoms with Crippen LogP contribution in [0.15, 0.2) is 30.6 Å². The van der Waals surface area contributed by atoms with Crippen LogP contribution in [0, 0.1) is 0 Å². The van der Waals surface area contributed by atoms with E-state index in [9.17, 15) is 4.79 Å². The lowest BCUT2D eigenvalue weighted by Gasteiger charge is -2.28. The molecule has 0 aliphatic carbocycles. The average molecular weight is 277 g/mol. The number of halogens is 1. The molecule has 2 heterocycles. The minimum atomic E-state index is -0.103. The van der Waals surface area contributed by atoms with Crippen LogP contribution in [-0.4, -0.2) is 26.9 Å². The molecule has 0 saturated carbocycles. The van der Waals surface area contributed by atoms with Gasteiger partial charge in [0.15, 0.2) is 0 Å². The zero-order valence-corrected chi connectivity index (χ0v) is 11.0. The predicted octanol–water partition coefficient (Wildman–Crippen LogP) is 1.77. The number of imidazole rings is 1.